The number of nitrogens with one attached hydrogen (secondary N) is 1. The van der Waals surface area contributed by atoms with Crippen molar-refractivity contribution in [3.63, 3.8) is 0 Å². The van der Waals surface area contributed by atoms with Crippen LogP contribution < -0.4 is 10.1 Å². The van der Waals surface area contributed by atoms with Crippen LogP contribution in [-0.4, -0.2) is 20.2 Å². The molecule has 0 aliphatic heterocycles. The van der Waals surface area contributed by atoms with Crippen molar-refractivity contribution in [2.24, 2.45) is 5.92 Å². The first kappa shape index (κ1) is 14.0. The van der Waals surface area contributed by atoms with Crippen molar-refractivity contribution in [2.45, 2.75) is 39.2 Å². The fourth-order valence-electron chi connectivity index (χ4n) is 2.17. The van der Waals surface area contributed by atoms with E-state index in [2.05, 4.69) is 44.4 Å². The highest BCUT2D eigenvalue weighted by Gasteiger charge is 2.09. The van der Waals surface area contributed by atoms with E-state index >= 15 is 0 Å². The lowest BCUT2D eigenvalue weighted by Crippen LogP contribution is -2.30. The summed E-state index contributed by atoms with van der Waals surface area (Å²) in [4.78, 5) is 0. The third-order valence-corrected chi connectivity index (χ3v) is 3.29. The molecule has 2 heteroatoms. The quantitative estimate of drug-likeness (QED) is 0.783. The van der Waals surface area contributed by atoms with E-state index in [9.17, 15) is 0 Å². The average molecular weight is 235 g/mol. The van der Waals surface area contributed by atoms with Crippen molar-refractivity contribution in [2.75, 3.05) is 14.2 Å². The molecule has 0 bridgehead atoms. The van der Waals surface area contributed by atoms with Crippen LogP contribution in [0.4, 0.5) is 0 Å². The minimum atomic E-state index is 0.626. The van der Waals surface area contributed by atoms with E-state index in [0.717, 1.165) is 12.2 Å². The molecule has 2 nitrogen and oxygen atoms in total. The van der Waals surface area contributed by atoms with Gasteiger partial charge in [-0.3, -0.25) is 0 Å². The van der Waals surface area contributed by atoms with Gasteiger partial charge in [0.15, 0.2) is 0 Å². The van der Waals surface area contributed by atoms with Gasteiger partial charge in [-0.15, -0.1) is 0 Å². The van der Waals surface area contributed by atoms with Crippen molar-refractivity contribution in [3.8, 4) is 5.75 Å². The molecule has 0 aliphatic carbocycles. The second-order valence-electron chi connectivity index (χ2n) is 4.88. The van der Waals surface area contributed by atoms with Crippen LogP contribution in [0, 0.1) is 5.92 Å². The van der Waals surface area contributed by atoms with Gasteiger partial charge in [0.25, 0.3) is 0 Å². The van der Waals surface area contributed by atoms with Gasteiger partial charge in [-0.25, -0.2) is 0 Å². The Morgan fingerprint density at radius 2 is 2.06 bits per heavy atom. The van der Waals surface area contributed by atoms with Crippen molar-refractivity contribution in [1.29, 1.82) is 0 Å². The predicted molar refractivity (Wildman–Crippen MR) is 73.6 cm³/mol. The van der Waals surface area contributed by atoms with Crippen molar-refractivity contribution in [3.05, 3.63) is 29.8 Å². The van der Waals surface area contributed by atoms with Crippen LogP contribution in [0.15, 0.2) is 24.3 Å². The zero-order valence-corrected chi connectivity index (χ0v) is 11.5. The van der Waals surface area contributed by atoms with E-state index < -0.39 is 0 Å². The molecule has 1 aromatic rings. The normalized spacial score (nSPS) is 12.8. The molecule has 0 amide bonds. The molecule has 0 saturated heterocycles. The van der Waals surface area contributed by atoms with Gasteiger partial charge in [0.1, 0.15) is 5.75 Å². The smallest absolute Gasteiger partial charge is 0.119 e. The summed E-state index contributed by atoms with van der Waals surface area (Å²) in [5.74, 6) is 1.65. The molecule has 0 aromatic heterocycles. The Balaban J connectivity index is 2.39. The van der Waals surface area contributed by atoms with Gasteiger partial charge in [0.2, 0.25) is 0 Å². The molecule has 1 unspecified atom stereocenters. The molecule has 0 fully saturated rings. The lowest BCUT2D eigenvalue weighted by Gasteiger charge is -2.19. The van der Waals surface area contributed by atoms with Gasteiger partial charge >= 0.3 is 0 Å². The summed E-state index contributed by atoms with van der Waals surface area (Å²) < 4.78 is 5.23. The van der Waals surface area contributed by atoms with Crippen LogP contribution in [0.5, 0.6) is 5.75 Å². The van der Waals surface area contributed by atoms with E-state index in [1.807, 2.05) is 6.07 Å². The Labute approximate surface area is 105 Å². The fraction of sp³-hybridized carbons (Fsp3) is 0.600. The number of methoxy groups -OCH3 is 1. The Morgan fingerprint density at radius 1 is 1.29 bits per heavy atom. The molecule has 1 N–H and O–H groups in total. The summed E-state index contributed by atoms with van der Waals surface area (Å²) in [6, 6.07) is 8.98. The van der Waals surface area contributed by atoms with Crippen molar-refractivity contribution < 1.29 is 4.74 Å². The first-order valence-electron chi connectivity index (χ1n) is 6.47. The number of hydrogen-bond acceptors (Lipinski definition) is 2. The van der Waals surface area contributed by atoms with Gasteiger partial charge in [-0.2, -0.15) is 0 Å². The van der Waals surface area contributed by atoms with E-state index in [0.29, 0.717) is 12.0 Å². The highest BCUT2D eigenvalue weighted by molar-refractivity contribution is 5.28. The standard InChI is InChI=1S/C15H25NO/c1-12(2)15(16-3)10-6-8-13-7-5-9-14(11-13)17-4/h5,7,9,11-12,15-16H,6,8,10H2,1-4H3. The van der Waals surface area contributed by atoms with Gasteiger partial charge in [-0.1, -0.05) is 26.0 Å². The fourth-order valence-corrected chi connectivity index (χ4v) is 2.17. The molecule has 0 aliphatic rings. The number of hydrogen-bond donors (Lipinski definition) is 1. The lowest BCUT2D eigenvalue weighted by molar-refractivity contribution is 0.393. The van der Waals surface area contributed by atoms with Crippen LogP contribution in [0.2, 0.25) is 0 Å². The second-order valence-corrected chi connectivity index (χ2v) is 4.88. The van der Waals surface area contributed by atoms with E-state index in [1.54, 1.807) is 7.11 Å². The third kappa shape index (κ3) is 4.78. The summed E-state index contributed by atoms with van der Waals surface area (Å²) in [5.41, 5.74) is 1.36. The Hall–Kier alpha value is -1.02. The monoisotopic (exact) mass is 235 g/mol. The van der Waals surface area contributed by atoms with E-state index in [4.69, 9.17) is 4.74 Å². The molecular weight excluding hydrogens is 210 g/mol. The predicted octanol–water partition coefficient (Wildman–Crippen LogP) is 3.26. The van der Waals surface area contributed by atoms with E-state index in [-0.39, 0.29) is 0 Å². The van der Waals surface area contributed by atoms with Gasteiger partial charge in [-0.05, 0) is 49.9 Å². The summed E-state index contributed by atoms with van der Waals surface area (Å²) in [7, 11) is 3.77. The zero-order chi connectivity index (χ0) is 12.7. The Bertz CT molecular complexity index is 322. The zero-order valence-electron chi connectivity index (χ0n) is 11.5. The first-order valence-corrected chi connectivity index (χ1v) is 6.47. The molecule has 96 valence electrons. The van der Waals surface area contributed by atoms with Crippen molar-refractivity contribution in [1.82, 2.24) is 5.32 Å². The number of aryl methyl sites for hydroxylation is 1. The van der Waals surface area contributed by atoms with Crippen LogP contribution in [-0.2, 0) is 6.42 Å². The maximum Gasteiger partial charge on any atom is 0.119 e. The Morgan fingerprint density at radius 3 is 2.65 bits per heavy atom. The molecule has 0 heterocycles. The largest absolute Gasteiger partial charge is 0.497 e. The van der Waals surface area contributed by atoms with Gasteiger partial charge in [0, 0.05) is 6.04 Å². The first-order chi connectivity index (χ1) is 8.17. The molecule has 17 heavy (non-hydrogen) atoms. The summed E-state index contributed by atoms with van der Waals surface area (Å²) in [5, 5.41) is 3.39. The minimum Gasteiger partial charge on any atom is -0.497 e. The molecule has 1 aromatic carbocycles. The molecular formula is C15H25NO. The van der Waals surface area contributed by atoms with Crippen LogP contribution in [0.25, 0.3) is 0 Å². The summed E-state index contributed by atoms with van der Waals surface area (Å²) in [6.45, 7) is 4.54. The molecule has 0 spiro atoms. The van der Waals surface area contributed by atoms with E-state index in [1.165, 1.54) is 18.4 Å². The van der Waals surface area contributed by atoms with Crippen LogP contribution in [0.3, 0.4) is 0 Å². The third-order valence-electron chi connectivity index (χ3n) is 3.29. The molecule has 1 rings (SSSR count). The highest BCUT2D eigenvalue weighted by atomic mass is 16.5. The topological polar surface area (TPSA) is 21.3 Å². The summed E-state index contributed by atoms with van der Waals surface area (Å²) >= 11 is 0. The maximum absolute atomic E-state index is 5.23. The SMILES string of the molecule is CNC(CCCc1cccc(OC)c1)C(C)C. The Kier molecular flexibility index (Phi) is 6.06. The second kappa shape index (κ2) is 7.33. The molecule has 0 radical (unpaired) electrons. The maximum atomic E-state index is 5.23. The van der Waals surface area contributed by atoms with Crippen LogP contribution in [0.1, 0.15) is 32.3 Å². The number of rotatable bonds is 7. The number of ether oxygens (including phenoxy) is 1. The van der Waals surface area contributed by atoms with Gasteiger partial charge < -0.3 is 10.1 Å². The average Bonchev–Trinajstić information content (AvgIpc) is 2.34. The lowest BCUT2D eigenvalue weighted by atomic mass is 9.97. The van der Waals surface area contributed by atoms with Gasteiger partial charge in [0.05, 0.1) is 7.11 Å². The minimum absolute atomic E-state index is 0.626. The molecule has 0 saturated carbocycles. The number of benzene rings is 1. The summed E-state index contributed by atoms with van der Waals surface area (Å²) in [6.07, 6.45) is 3.57. The molecule has 1 atom stereocenters. The highest BCUT2D eigenvalue weighted by Crippen LogP contribution is 2.16. The van der Waals surface area contributed by atoms with Crippen molar-refractivity contribution >= 4 is 0 Å². The van der Waals surface area contributed by atoms with Crippen LogP contribution >= 0.6 is 0 Å².